The zero-order valence-electron chi connectivity index (χ0n) is 21.1. The standard InChI is InChI=1S/C30H31NO6/c1-21(32)31-16-15-25-20-37-29-14-13-27(19-28(25)29)36-18-4-3-17-35-26-11-9-23(10-12-26)22-5-7-24(8-6-22)30(33)34-2/h5-14,19-20H,3-4,15-18H2,1-2H3,(H,31,32). The molecule has 0 unspecified atom stereocenters. The van der Waals surface area contributed by atoms with E-state index in [9.17, 15) is 9.59 Å². The normalized spacial score (nSPS) is 10.8. The van der Waals surface area contributed by atoms with E-state index in [2.05, 4.69) is 5.32 Å². The second-order valence-corrected chi connectivity index (χ2v) is 8.65. The summed E-state index contributed by atoms with van der Waals surface area (Å²) < 4.78 is 22.2. The minimum Gasteiger partial charge on any atom is -0.494 e. The zero-order chi connectivity index (χ0) is 26.0. The molecule has 37 heavy (non-hydrogen) atoms. The molecular formula is C30H31NO6. The third-order valence-electron chi connectivity index (χ3n) is 5.96. The number of carbonyl (C=O) groups is 2. The number of rotatable bonds is 12. The highest BCUT2D eigenvalue weighted by molar-refractivity contribution is 5.90. The summed E-state index contributed by atoms with van der Waals surface area (Å²) in [7, 11) is 1.37. The van der Waals surface area contributed by atoms with Crippen LogP contribution in [0, 0.1) is 0 Å². The van der Waals surface area contributed by atoms with Crippen LogP contribution in [0.2, 0.25) is 0 Å². The van der Waals surface area contributed by atoms with Gasteiger partial charge in [-0.3, -0.25) is 4.79 Å². The Balaban J connectivity index is 1.19. The van der Waals surface area contributed by atoms with Crippen molar-refractivity contribution >= 4 is 22.8 Å². The Morgan fingerprint density at radius 2 is 1.46 bits per heavy atom. The van der Waals surface area contributed by atoms with E-state index in [1.54, 1.807) is 18.4 Å². The average Bonchev–Trinajstić information content (AvgIpc) is 3.32. The van der Waals surface area contributed by atoms with Gasteiger partial charge in [-0.05, 0) is 72.9 Å². The summed E-state index contributed by atoms with van der Waals surface area (Å²) in [5.41, 5.74) is 4.45. The van der Waals surface area contributed by atoms with Gasteiger partial charge in [0.05, 0.1) is 32.2 Å². The van der Waals surface area contributed by atoms with Crippen molar-refractivity contribution in [1.82, 2.24) is 5.32 Å². The van der Waals surface area contributed by atoms with Gasteiger partial charge < -0.3 is 23.9 Å². The lowest BCUT2D eigenvalue weighted by atomic mass is 10.0. The second-order valence-electron chi connectivity index (χ2n) is 8.65. The molecule has 3 aromatic carbocycles. The van der Waals surface area contributed by atoms with Crippen molar-refractivity contribution in [3.8, 4) is 22.6 Å². The molecule has 4 aromatic rings. The van der Waals surface area contributed by atoms with Gasteiger partial charge in [0.1, 0.15) is 17.1 Å². The van der Waals surface area contributed by atoms with Gasteiger partial charge in [0.25, 0.3) is 0 Å². The number of methoxy groups -OCH3 is 1. The van der Waals surface area contributed by atoms with Gasteiger partial charge in [-0.25, -0.2) is 4.79 Å². The van der Waals surface area contributed by atoms with Crippen LogP contribution in [-0.2, 0) is 16.0 Å². The molecule has 1 amide bonds. The molecule has 0 radical (unpaired) electrons. The van der Waals surface area contributed by atoms with E-state index >= 15 is 0 Å². The van der Waals surface area contributed by atoms with Crippen LogP contribution in [0.3, 0.4) is 0 Å². The third kappa shape index (κ3) is 7.13. The van der Waals surface area contributed by atoms with Crippen LogP contribution in [0.1, 0.15) is 35.7 Å². The number of unbranched alkanes of at least 4 members (excludes halogenated alkanes) is 1. The highest BCUT2D eigenvalue weighted by Gasteiger charge is 2.08. The summed E-state index contributed by atoms with van der Waals surface area (Å²) in [4.78, 5) is 22.7. The first kappa shape index (κ1) is 25.8. The molecule has 0 aliphatic rings. The molecule has 0 bridgehead atoms. The number of fused-ring (bicyclic) bond motifs is 1. The Hall–Kier alpha value is -4.26. The van der Waals surface area contributed by atoms with Crippen molar-refractivity contribution in [2.24, 2.45) is 0 Å². The maximum Gasteiger partial charge on any atom is 0.337 e. The molecule has 1 aromatic heterocycles. The van der Waals surface area contributed by atoms with Crippen LogP contribution in [0.4, 0.5) is 0 Å². The molecule has 0 aliphatic heterocycles. The van der Waals surface area contributed by atoms with Gasteiger partial charge in [-0.15, -0.1) is 0 Å². The van der Waals surface area contributed by atoms with Crippen LogP contribution < -0.4 is 14.8 Å². The van der Waals surface area contributed by atoms with E-state index in [0.29, 0.717) is 31.7 Å². The highest BCUT2D eigenvalue weighted by atomic mass is 16.5. The molecule has 7 heteroatoms. The molecule has 0 aliphatic carbocycles. The van der Waals surface area contributed by atoms with Crippen molar-refractivity contribution in [2.45, 2.75) is 26.2 Å². The van der Waals surface area contributed by atoms with Crippen LogP contribution in [-0.4, -0.2) is 38.7 Å². The minimum absolute atomic E-state index is 0.0401. The first-order chi connectivity index (χ1) is 18.0. The van der Waals surface area contributed by atoms with Crippen molar-refractivity contribution in [1.29, 1.82) is 0 Å². The lowest BCUT2D eigenvalue weighted by Crippen LogP contribution is -2.22. The summed E-state index contributed by atoms with van der Waals surface area (Å²) >= 11 is 0. The van der Waals surface area contributed by atoms with Gasteiger partial charge in [0.2, 0.25) is 5.91 Å². The Morgan fingerprint density at radius 3 is 2.11 bits per heavy atom. The molecule has 1 heterocycles. The molecule has 0 spiro atoms. The van der Waals surface area contributed by atoms with Crippen LogP contribution >= 0.6 is 0 Å². The molecular weight excluding hydrogens is 470 g/mol. The fourth-order valence-corrected chi connectivity index (χ4v) is 3.96. The largest absolute Gasteiger partial charge is 0.494 e. The van der Waals surface area contributed by atoms with Crippen molar-refractivity contribution in [2.75, 3.05) is 26.9 Å². The monoisotopic (exact) mass is 501 g/mol. The topological polar surface area (TPSA) is 87.0 Å². The summed E-state index contributed by atoms with van der Waals surface area (Å²) in [5.74, 6) is 1.23. The number of nitrogens with one attached hydrogen (secondary N) is 1. The van der Waals surface area contributed by atoms with Gasteiger partial charge in [0.15, 0.2) is 0 Å². The smallest absolute Gasteiger partial charge is 0.337 e. The van der Waals surface area contributed by atoms with E-state index in [4.69, 9.17) is 18.6 Å². The van der Waals surface area contributed by atoms with Crippen LogP contribution in [0.15, 0.2) is 77.4 Å². The molecule has 1 N–H and O–H groups in total. The first-order valence-corrected chi connectivity index (χ1v) is 12.3. The number of benzene rings is 3. The minimum atomic E-state index is -0.343. The predicted octanol–water partition coefficient (Wildman–Crippen LogP) is 5.80. The molecule has 4 rings (SSSR count). The third-order valence-corrected chi connectivity index (χ3v) is 5.96. The summed E-state index contributed by atoms with van der Waals surface area (Å²) in [5, 5.41) is 3.82. The predicted molar refractivity (Wildman–Crippen MR) is 142 cm³/mol. The molecule has 192 valence electrons. The summed E-state index contributed by atoms with van der Waals surface area (Å²) in [6, 6.07) is 21.0. The quantitative estimate of drug-likeness (QED) is 0.195. The second kappa shape index (κ2) is 12.6. The van der Waals surface area contributed by atoms with E-state index in [-0.39, 0.29) is 11.9 Å². The number of esters is 1. The Morgan fingerprint density at radius 1 is 0.838 bits per heavy atom. The van der Waals surface area contributed by atoms with Gasteiger partial charge in [0, 0.05) is 24.4 Å². The fraction of sp³-hybridized carbons (Fsp3) is 0.267. The number of hydrogen-bond donors (Lipinski definition) is 1. The average molecular weight is 502 g/mol. The Kier molecular flexibility index (Phi) is 8.81. The van der Waals surface area contributed by atoms with Crippen molar-refractivity contribution in [3.05, 3.63) is 84.1 Å². The highest BCUT2D eigenvalue weighted by Crippen LogP contribution is 2.27. The maximum atomic E-state index is 11.6. The van der Waals surface area contributed by atoms with Crippen LogP contribution in [0.5, 0.6) is 11.5 Å². The number of amides is 1. The lowest BCUT2D eigenvalue weighted by Gasteiger charge is -2.09. The maximum absolute atomic E-state index is 11.6. The molecule has 0 saturated carbocycles. The van der Waals surface area contributed by atoms with Gasteiger partial charge in [-0.1, -0.05) is 24.3 Å². The zero-order valence-corrected chi connectivity index (χ0v) is 21.1. The van der Waals surface area contributed by atoms with Gasteiger partial charge >= 0.3 is 5.97 Å². The number of furan rings is 1. The van der Waals surface area contributed by atoms with Crippen molar-refractivity contribution < 1.29 is 28.2 Å². The SMILES string of the molecule is COC(=O)c1ccc(-c2ccc(OCCCCOc3ccc4occ(CCNC(C)=O)c4c3)cc2)cc1. The van der Waals surface area contributed by atoms with E-state index < -0.39 is 0 Å². The number of ether oxygens (including phenoxy) is 3. The molecule has 0 atom stereocenters. The van der Waals surface area contributed by atoms with E-state index in [0.717, 1.165) is 52.0 Å². The molecule has 0 saturated heterocycles. The van der Waals surface area contributed by atoms with Crippen LogP contribution in [0.25, 0.3) is 22.1 Å². The first-order valence-electron chi connectivity index (χ1n) is 12.3. The lowest BCUT2D eigenvalue weighted by molar-refractivity contribution is -0.118. The van der Waals surface area contributed by atoms with Gasteiger partial charge in [-0.2, -0.15) is 0 Å². The Labute approximate surface area is 216 Å². The summed E-state index contributed by atoms with van der Waals surface area (Å²) in [6.07, 6.45) is 4.17. The fourth-order valence-electron chi connectivity index (χ4n) is 3.96. The Bertz CT molecular complexity index is 1320. The molecule has 0 fully saturated rings. The summed E-state index contributed by atoms with van der Waals surface area (Å²) in [6.45, 7) is 3.28. The molecule has 7 nitrogen and oxygen atoms in total. The van der Waals surface area contributed by atoms with Crippen molar-refractivity contribution in [3.63, 3.8) is 0 Å². The number of carbonyl (C=O) groups excluding carboxylic acids is 2. The van der Waals surface area contributed by atoms with E-state index in [1.807, 2.05) is 54.6 Å². The van der Waals surface area contributed by atoms with E-state index in [1.165, 1.54) is 14.0 Å². The number of hydrogen-bond acceptors (Lipinski definition) is 6.